The van der Waals surface area contributed by atoms with Gasteiger partial charge >= 0.3 is 0 Å². The predicted octanol–water partition coefficient (Wildman–Crippen LogP) is 4.20. The quantitative estimate of drug-likeness (QED) is 0.815. The van der Waals surface area contributed by atoms with E-state index in [4.69, 9.17) is 0 Å². The molecule has 1 N–H and O–H groups in total. The molecule has 0 aromatic heterocycles. The predicted molar refractivity (Wildman–Crippen MR) is 65.9 cm³/mol. The van der Waals surface area contributed by atoms with Gasteiger partial charge in [-0.15, -0.1) is 0 Å². The third-order valence-corrected chi connectivity index (χ3v) is 3.98. The highest BCUT2D eigenvalue weighted by Crippen LogP contribution is 2.32. The van der Waals surface area contributed by atoms with E-state index in [1.54, 1.807) is 0 Å². The second kappa shape index (κ2) is 5.03. The van der Waals surface area contributed by atoms with Crippen LogP contribution in [0.15, 0.2) is 18.2 Å². The molecule has 1 aromatic carbocycles. The number of hydrogen-bond acceptors (Lipinski definition) is 1. The van der Waals surface area contributed by atoms with E-state index < -0.39 is 5.82 Å². The van der Waals surface area contributed by atoms with E-state index in [0.717, 1.165) is 18.9 Å². The first-order valence-electron chi connectivity index (χ1n) is 6.29. The Morgan fingerprint density at radius 1 is 1.18 bits per heavy atom. The van der Waals surface area contributed by atoms with E-state index in [9.17, 15) is 8.78 Å². The van der Waals surface area contributed by atoms with Crippen LogP contribution in [0.4, 0.5) is 14.5 Å². The highest BCUT2D eigenvalue weighted by Gasteiger charge is 2.27. The maximum absolute atomic E-state index is 13.5. The highest BCUT2D eigenvalue weighted by atomic mass is 19.1. The second-order valence-corrected chi connectivity index (χ2v) is 5.14. The Morgan fingerprint density at radius 2 is 1.94 bits per heavy atom. The Labute approximate surface area is 101 Å². The zero-order valence-corrected chi connectivity index (χ0v) is 10.3. The molecule has 1 aromatic rings. The van der Waals surface area contributed by atoms with Crippen molar-refractivity contribution in [3.63, 3.8) is 0 Å². The molecule has 0 aliphatic heterocycles. The van der Waals surface area contributed by atoms with Crippen molar-refractivity contribution in [3.05, 3.63) is 29.8 Å². The maximum Gasteiger partial charge on any atom is 0.146 e. The van der Waals surface area contributed by atoms with Crippen LogP contribution >= 0.6 is 0 Å². The smallest absolute Gasteiger partial charge is 0.146 e. The van der Waals surface area contributed by atoms with E-state index in [1.807, 2.05) is 0 Å². The van der Waals surface area contributed by atoms with E-state index in [2.05, 4.69) is 19.2 Å². The Morgan fingerprint density at radius 3 is 2.71 bits per heavy atom. The summed E-state index contributed by atoms with van der Waals surface area (Å²) < 4.78 is 26.6. The number of hydrogen-bond donors (Lipinski definition) is 1. The van der Waals surface area contributed by atoms with Crippen LogP contribution in [0, 0.1) is 23.5 Å². The lowest BCUT2D eigenvalue weighted by Gasteiger charge is -2.35. The molecule has 3 heteroatoms. The molecule has 0 heterocycles. The first kappa shape index (κ1) is 12.3. The van der Waals surface area contributed by atoms with Gasteiger partial charge in [0.05, 0.1) is 5.69 Å². The van der Waals surface area contributed by atoms with Crippen LogP contribution in [-0.2, 0) is 0 Å². The van der Waals surface area contributed by atoms with Gasteiger partial charge in [-0.2, -0.15) is 0 Å². The lowest BCUT2D eigenvalue weighted by Crippen LogP contribution is -2.35. The molecule has 1 aliphatic rings. The first-order chi connectivity index (χ1) is 8.08. The van der Waals surface area contributed by atoms with Crippen molar-refractivity contribution in [3.8, 4) is 0 Å². The van der Waals surface area contributed by atoms with Crippen molar-refractivity contribution in [1.82, 2.24) is 0 Å². The van der Waals surface area contributed by atoms with E-state index in [-0.39, 0.29) is 17.5 Å². The number of rotatable bonds is 2. The first-order valence-corrected chi connectivity index (χ1v) is 6.29. The van der Waals surface area contributed by atoms with Crippen LogP contribution in [-0.4, -0.2) is 6.04 Å². The van der Waals surface area contributed by atoms with Crippen molar-refractivity contribution in [2.45, 2.75) is 39.2 Å². The third kappa shape index (κ3) is 2.76. The summed E-state index contributed by atoms with van der Waals surface area (Å²) in [5.41, 5.74) is 0.288. The van der Waals surface area contributed by atoms with E-state index in [0.29, 0.717) is 11.8 Å². The summed E-state index contributed by atoms with van der Waals surface area (Å²) in [5.74, 6) is 0.353. The molecular weight excluding hydrogens is 220 g/mol. The summed E-state index contributed by atoms with van der Waals surface area (Å²) in [6, 6.07) is 3.80. The zero-order chi connectivity index (χ0) is 12.4. The average Bonchev–Trinajstić information content (AvgIpc) is 2.30. The van der Waals surface area contributed by atoms with Gasteiger partial charge in [-0.1, -0.05) is 26.7 Å². The standard InChI is InChI=1S/C14H19F2N/c1-9-4-3-5-13(10(9)2)17-14-8-11(15)6-7-12(14)16/h6-10,13,17H,3-5H2,1-2H3. The molecule has 3 atom stereocenters. The van der Waals surface area contributed by atoms with Crippen LogP contribution in [0.2, 0.25) is 0 Å². The number of benzene rings is 1. The molecular formula is C14H19F2N. The van der Waals surface area contributed by atoms with Crippen LogP contribution in [0.1, 0.15) is 33.1 Å². The van der Waals surface area contributed by atoms with Crippen molar-refractivity contribution >= 4 is 5.69 Å². The van der Waals surface area contributed by atoms with Gasteiger partial charge < -0.3 is 5.32 Å². The van der Waals surface area contributed by atoms with Gasteiger partial charge in [-0.25, -0.2) is 8.78 Å². The summed E-state index contributed by atoms with van der Waals surface area (Å²) >= 11 is 0. The number of anilines is 1. The minimum absolute atomic E-state index is 0.245. The summed E-state index contributed by atoms with van der Waals surface area (Å²) in [6.07, 6.45) is 3.41. The highest BCUT2D eigenvalue weighted by molar-refractivity contribution is 5.46. The molecule has 1 saturated carbocycles. The fourth-order valence-corrected chi connectivity index (χ4v) is 2.59. The van der Waals surface area contributed by atoms with Crippen molar-refractivity contribution in [1.29, 1.82) is 0 Å². The van der Waals surface area contributed by atoms with Gasteiger partial charge in [-0.05, 0) is 36.5 Å². The van der Waals surface area contributed by atoms with Crippen LogP contribution in [0.25, 0.3) is 0 Å². The molecule has 0 saturated heterocycles. The third-order valence-electron chi connectivity index (χ3n) is 3.98. The topological polar surface area (TPSA) is 12.0 Å². The summed E-state index contributed by atoms with van der Waals surface area (Å²) in [7, 11) is 0. The van der Waals surface area contributed by atoms with Gasteiger partial charge in [0.15, 0.2) is 0 Å². The molecule has 1 fully saturated rings. The fourth-order valence-electron chi connectivity index (χ4n) is 2.59. The molecule has 1 aliphatic carbocycles. The van der Waals surface area contributed by atoms with Crippen molar-refractivity contribution in [2.75, 3.05) is 5.32 Å². The molecule has 0 bridgehead atoms. The molecule has 3 unspecified atom stereocenters. The fraction of sp³-hybridized carbons (Fsp3) is 0.571. The largest absolute Gasteiger partial charge is 0.380 e. The van der Waals surface area contributed by atoms with Gasteiger partial charge in [0.25, 0.3) is 0 Å². The van der Waals surface area contributed by atoms with E-state index >= 15 is 0 Å². The number of halogens is 2. The molecule has 17 heavy (non-hydrogen) atoms. The molecule has 0 spiro atoms. The van der Waals surface area contributed by atoms with E-state index in [1.165, 1.54) is 18.6 Å². The lowest BCUT2D eigenvalue weighted by atomic mass is 9.78. The Bertz CT molecular complexity index is 392. The molecule has 94 valence electrons. The number of nitrogens with one attached hydrogen (secondary N) is 1. The van der Waals surface area contributed by atoms with Crippen molar-refractivity contribution in [2.24, 2.45) is 11.8 Å². The van der Waals surface area contributed by atoms with Crippen LogP contribution in [0.5, 0.6) is 0 Å². The van der Waals surface area contributed by atoms with Gasteiger partial charge in [0.2, 0.25) is 0 Å². The average molecular weight is 239 g/mol. The van der Waals surface area contributed by atoms with Gasteiger partial charge in [0.1, 0.15) is 11.6 Å². The molecule has 1 nitrogen and oxygen atoms in total. The van der Waals surface area contributed by atoms with Gasteiger partial charge in [0, 0.05) is 6.04 Å². The molecule has 0 amide bonds. The van der Waals surface area contributed by atoms with Crippen molar-refractivity contribution < 1.29 is 8.78 Å². The minimum atomic E-state index is -0.398. The zero-order valence-electron chi connectivity index (χ0n) is 10.3. The van der Waals surface area contributed by atoms with Crippen LogP contribution < -0.4 is 5.32 Å². The van der Waals surface area contributed by atoms with Gasteiger partial charge in [-0.3, -0.25) is 0 Å². The van der Waals surface area contributed by atoms with Crippen LogP contribution in [0.3, 0.4) is 0 Å². The Balaban J connectivity index is 2.11. The Hall–Kier alpha value is -1.12. The summed E-state index contributed by atoms with van der Waals surface area (Å²) in [4.78, 5) is 0. The molecule has 0 radical (unpaired) electrons. The lowest BCUT2D eigenvalue weighted by molar-refractivity contribution is 0.252. The summed E-state index contributed by atoms with van der Waals surface area (Å²) in [5, 5.41) is 3.16. The second-order valence-electron chi connectivity index (χ2n) is 5.14. The SMILES string of the molecule is CC1CCCC(Nc2cc(F)ccc2F)C1C. The Kier molecular flexibility index (Phi) is 3.65. The monoisotopic (exact) mass is 239 g/mol. The molecule has 2 rings (SSSR count). The minimum Gasteiger partial charge on any atom is -0.380 e. The maximum atomic E-state index is 13.5. The normalized spacial score (nSPS) is 29.1. The summed E-state index contributed by atoms with van der Waals surface area (Å²) in [6.45, 7) is 4.40.